The minimum absolute atomic E-state index is 0.0347. The van der Waals surface area contributed by atoms with Crippen LogP contribution in [-0.2, 0) is 14.3 Å². The van der Waals surface area contributed by atoms with Gasteiger partial charge in [-0.15, -0.1) is 10.2 Å². The molecule has 8 nitrogen and oxygen atoms in total. The average Bonchev–Trinajstić information content (AvgIpc) is 3.16. The van der Waals surface area contributed by atoms with E-state index >= 15 is 0 Å². The van der Waals surface area contributed by atoms with Crippen molar-refractivity contribution in [1.82, 2.24) is 15.2 Å². The molecular weight excluding hydrogens is 318 g/mol. The number of hydrazone groups is 1. The number of hydrogen-bond acceptors (Lipinski definition) is 8. The predicted molar refractivity (Wildman–Crippen MR) is 83.9 cm³/mol. The third kappa shape index (κ3) is 2.95. The quantitative estimate of drug-likeness (QED) is 0.788. The van der Waals surface area contributed by atoms with Crippen LogP contribution in [-0.4, -0.2) is 39.9 Å². The zero-order valence-electron chi connectivity index (χ0n) is 12.5. The van der Waals surface area contributed by atoms with Gasteiger partial charge in [0.15, 0.2) is 5.01 Å². The molecule has 3 rings (SSSR count). The highest BCUT2D eigenvalue weighted by Gasteiger charge is 2.37. The molecule has 1 aliphatic rings. The van der Waals surface area contributed by atoms with E-state index in [0.29, 0.717) is 21.5 Å². The Balaban J connectivity index is 1.82. The highest BCUT2D eigenvalue weighted by molar-refractivity contribution is 7.18. The van der Waals surface area contributed by atoms with E-state index in [-0.39, 0.29) is 12.3 Å². The summed E-state index contributed by atoms with van der Waals surface area (Å²) in [6, 6.07) is 5.46. The van der Waals surface area contributed by atoms with Crippen LogP contribution in [0.25, 0.3) is 10.7 Å². The largest absolute Gasteiger partial charge is 0.469 e. The van der Waals surface area contributed by atoms with Gasteiger partial charge in [0, 0.05) is 11.9 Å². The van der Waals surface area contributed by atoms with E-state index in [1.165, 1.54) is 23.5 Å². The fourth-order valence-electron chi connectivity index (χ4n) is 2.12. The van der Waals surface area contributed by atoms with Gasteiger partial charge in [0.2, 0.25) is 5.13 Å². The maximum Gasteiger partial charge on any atom is 0.306 e. The summed E-state index contributed by atoms with van der Waals surface area (Å²) in [6.45, 7) is 1.70. The number of pyridine rings is 1. The van der Waals surface area contributed by atoms with Gasteiger partial charge in [0.05, 0.1) is 19.4 Å². The Morgan fingerprint density at radius 2 is 2.22 bits per heavy atom. The van der Waals surface area contributed by atoms with E-state index in [4.69, 9.17) is 0 Å². The fraction of sp³-hybridized carbons (Fsp3) is 0.286. The summed E-state index contributed by atoms with van der Waals surface area (Å²) in [6.07, 6.45) is 1.62. The number of methoxy groups -OCH3 is 1. The molecule has 2 aromatic rings. The summed E-state index contributed by atoms with van der Waals surface area (Å²) in [7, 11) is 1.29. The topological polar surface area (TPSA) is 97.6 Å². The van der Waals surface area contributed by atoms with Crippen molar-refractivity contribution in [2.45, 2.75) is 13.3 Å². The zero-order valence-corrected chi connectivity index (χ0v) is 13.3. The molecule has 0 radical (unpaired) electrons. The molecule has 0 spiro atoms. The van der Waals surface area contributed by atoms with E-state index in [0.717, 1.165) is 0 Å². The number of hydrogen-bond donors (Lipinski definition) is 0. The molecule has 1 atom stereocenters. The van der Waals surface area contributed by atoms with Crippen LogP contribution in [0.15, 0.2) is 29.5 Å². The van der Waals surface area contributed by atoms with E-state index in [2.05, 4.69) is 25.0 Å². The fourth-order valence-corrected chi connectivity index (χ4v) is 2.90. The number of ether oxygens (including phenoxy) is 1. The van der Waals surface area contributed by atoms with Crippen molar-refractivity contribution >= 4 is 34.1 Å². The van der Waals surface area contributed by atoms with Crippen LogP contribution in [0.4, 0.5) is 5.13 Å². The first-order valence-electron chi connectivity index (χ1n) is 6.81. The lowest BCUT2D eigenvalue weighted by Gasteiger charge is -2.09. The van der Waals surface area contributed by atoms with Gasteiger partial charge in [0.1, 0.15) is 5.69 Å². The minimum Gasteiger partial charge on any atom is -0.469 e. The molecule has 3 heterocycles. The smallest absolute Gasteiger partial charge is 0.306 e. The zero-order chi connectivity index (χ0) is 16.4. The van der Waals surface area contributed by atoms with Crippen molar-refractivity contribution < 1.29 is 14.3 Å². The number of rotatable bonds is 4. The molecular formula is C14H13N5O3S. The Kier molecular flexibility index (Phi) is 4.11. The number of nitrogens with zero attached hydrogens (tertiary/aromatic N) is 5. The second-order valence-corrected chi connectivity index (χ2v) is 5.79. The molecule has 0 bridgehead atoms. The molecule has 0 saturated heterocycles. The lowest BCUT2D eigenvalue weighted by Crippen LogP contribution is -2.29. The summed E-state index contributed by atoms with van der Waals surface area (Å²) in [5.74, 6) is -1.38. The molecule has 0 N–H and O–H groups in total. The van der Waals surface area contributed by atoms with Crippen LogP contribution >= 0.6 is 11.3 Å². The third-order valence-corrected chi connectivity index (χ3v) is 4.27. The monoisotopic (exact) mass is 331 g/mol. The van der Waals surface area contributed by atoms with Crippen molar-refractivity contribution in [3.63, 3.8) is 0 Å². The van der Waals surface area contributed by atoms with E-state index in [9.17, 15) is 9.59 Å². The van der Waals surface area contributed by atoms with Crippen LogP contribution in [0, 0.1) is 5.92 Å². The number of carbonyl (C=O) groups is 2. The third-order valence-electron chi connectivity index (χ3n) is 3.35. The Morgan fingerprint density at radius 3 is 2.91 bits per heavy atom. The first kappa shape index (κ1) is 15.2. The molecule has 1 unspecified atom stereocenters. The predicted octanol–water partition coefficient (Wildman–Crippen LogP) is 1.50. The summed E-state index contributed by atoms with van der Waals surface area (Å²) in [5.41, 5.74) is 1.23. The lowest BCUT2D eigenvalue weighted by atomic mass is 10.0. The molecule has 0 saturated carbocycles. The van der Waals surface area contributed by atoms with Crippen molar-refractivity contribution in [2.24, 2.45) is 11.0 Å². The summed E-state index contributed by atoms with van der Waals surface area (Å²) >= 11 is 1.21. The van der Waals surface area contributed by atoms with Gasteiger partial charge in [-0.3, -0.25) is 14.6 Å². The van der Waals surface area contributed by atoms with Crippen molar-refractivity contribution in [3.8, 4) is 10.7 Å². The van der Waals surface area contributed by atoms with Gasteiger partial charge in [-0.25, -0.2) is 0 Å². The van der Waals surface area contributed by atoms with Crippen LogP contribution < -0.4 is 5.01 Å². The van der Waals surface area contributed by atoms with Crippen molar-refractivity contribution in [1.29, 1.82) is 0 Å². The van der Waals surface area contributed by atoms with Gasteiger partial charge in [-0.05, 0) is 19.1 Å². The lowest BCUT2D eigenvalue weighted by molar-refractivity contribution is -0.142. The molecule has 1 amide bonds. The van der Waals surface area contributed by atoms with Gasteiger partial charge < -0.3 is 4.74 Å². The standard InChI is InChI=1S/C14H13N5O3S/c1-8-9(7-11(20)22-2)13(21)19(18-8)14-17-16-12(23-14)10-5-3-4-6-15-10/h3-6,9H,7H2,1-2H3. The molecule has 118 valence electrons. The summed E-state index contributed by atoms with van der Waals surface area (Å²) < 4.78 is 4.61. The first-order valence-corrected chi connectivity index (χ1v) is 7.62. The Labute approximate surface area is 135 Å². The number of amides is 1. The van der Waals surface area contributed by atoms with E-state index in [1.54, 1.807) is 19.2 Å². The second kappa shape index (κ2) is 6.21. The van der Waals surface area contributed by atoms with E-state index < -0.39 is 11.9 Å². The van der Waals surface area contributed by atoms with Crippen molar-refractivity contribution in [2.75, 3.05) is 12.1 Å². The molecule has 9 heteroatoms. The Bertz CT molecular complexity index is 774. The minimum atomic E-state index is -0.621. The average molecular weight is 331 g/mol. The van der Waals surface area contributed by atoms with Gasteiger partial charge in [-0.2, -0.15) is 10.1 Å². The highest BCUT2D eigenvalue weighted by Crippen LogP contribution is 2.31. The molecule has 1 aliphatic heterocycles. The van der Waals surface area contributed by atoms with E-state index in [1.807, 2.05) is 12.1 Å². The van der Waals surface area contributed by atoms with Gasteiger partial charge in [-0.1, -0.05) is 17.4 Å². The van der Waals surface area contributed by atoms with Gasteiger partial charge in [0.25, 0.3) is 5.91 Å². The summed E-state index contributed by atoms with van der Waals surface area (Å²) in [4.78, 5) is 28.0. The molecule has 23 heavy (non-hydrogen) atoms. The van der Waals surface area contributed by atoms with Crippen LogP contribution in [0.3, 0.4) is 0 Å². The number of anilines is 1. The van der Waals surface area contributed by atoms with Crippen LogP contribution in [0.5, 0.6) is 0 Å². The summed E-state index contributed by atoms with van der Waals surface area (Å²) in [5, 5.41) is 14.4. The van der Waals surface area contributed by atoms with Gasteiger partial charge >= 0.3 is 5.97 Å². The van der Waals surface area contributed by atoms with Crippen LogP contribution in [0.1, 0.15) is 13.3 Å². The molecule has 0 aromatic carbocycles. The Morgan fingerprint density at radius 1 is 1.39 bits per heavy atom. The van der Waals surface area contributed by atoms with Crippen molar-refractivity contribution in [3.05, 3.63) is 24.4 Å². The Hall–Kier alpha value is -2.68. The molecule has 0 fully saturated rings. The van der Waals surface area contributed by atoms with Crippen LogP contribution in [0.2, 0.25) is 0 Å². The number of esters is 1. The maximum absolute atomic E-state index is 12.4. The molecule has 0 aliphatic carbocycles. The maximum atomic E-state index is 12.4. The second-order valence-electron chi connectivity index (χ2n) is 4.83. The SMILES string of the molecule is COC(=O)CC1C(=O)N(c2nnc(-c3ccccn3)s2)N=C1C. The molecule has 2 aromatic heterocycles. The normalized spacial score (nSPS) is 17.3. The number of carbonyl (C=O) groups excluding carboxylic acids is 2. The number of aromatic nitrogens is 3. The highest BCUT2D eigenvalue weighted by atomic mass is 32.1. The first-order chi connectivity index (χ1) is 11.1.